The maximum Gasteiger partial charge on any atom is 0.189 e. The molecule has 0 N–H and O–H groups in total. The minimum absolute atomic E-state index is 0.452. The van der Waals surface area contributed by atoms with Gasteiger partial charge in [-0.05, 0) is 74.5 Å². The molecule has 5 nitrogen and oxygen atoms in total. The molecule has 0 bridgehead atoms. The summed E-state index contributed by atoms with van der Waals surface area (Å²) in [6.07, 6.45) is 0. The molecule has 0 fully saturated rings. The average Bonchev–Trinajstić information content (AvgIpc) is 3.20. The largest absolute Gasteiger partial charge is 0.238 e. The first-order valence-electron chi connectivity index (χ1n) is 16.2. The summed E-state index contributed by atoms with van der Waals surface area (Å²) in [5.41, 5.74) is 9.84. The monoisotopic (exact) mass is 637 g/mol. The van der Waals surface area contributed by atoms with E-state index in [9.17, 15) is 5.26 Å². The van der Waals surface area contributed by atoms with E-state index in [-0.39, 0.29) is 0 Å². The summed E-state index contributed by atoms with van der Waals surface area (Å²) < 4.78 is 0. The Morgan fingerprint density at radius 3 is 1.30 bits per heavy atom. The zero-order valence-electron chi connectivity index (χ0n) is 26.8. The van der Waals surface area contributed by atoms with Gasteiger partial charge in [0.1, 0.15) is 0 Å². The first kappa shape index (κ1) is 30.1. The molecule has 5 heteroatoms. The van der Waals surface area contributed by atoms with E-state index in [1.807, 2.05) is 72.8 Å². The van der Waals surface area contributed by atoms with Crippen LogP contribution < -0.4 is 0 Å². The van der Waals surface area contributed by atoms with Crippen molar-refractivity contribution in [3.05, 3.63) is 181 Å². The van der Waals surface area contributed by atoms with E-state index < -0.39 is 0 Å². The summed E-state index contributed by atoms with van der Waals surface area (Å²) in [5, 5.41) is 11.8. The first-order chi connectivity index (χ1) is 24.6. The Balaban J connectivity index is 1.20. The zero-order valence-corrected chi connectivity index (χ0v) is 26.8. The number of hydrogen-bond donors (Lipinski definition) is 0. The van der Waals surface area contributed by atoms with Gasteiger partial charge >= 0.3 is 0 Å². The van der Waals surface area contributed by atoms with Crippen LogP contribution in [0.25, 0.3) is 83.2 Å². The molecular formula is C45H27N5. The number of benzene rings is 7. The molecule has 1 aromatic heterocycles. The van der Waals surface area contributed by atoms with Crippen LogP contribution in [0.1, 0.15) is 5.56 Å². The van der Waals surface area contributed by atoms with E-state index in [0.29, 0.717) is 28.7 Å². The molecule has 0 radical (unpaired) electrons. The molecule has 50 heavy (non-hydrogen) atoms. The van der Waals surface area contributed by atoms with Crippen molar-refractivity contribution in [1.82, 2.24) is 15.0 Å². The number of fused-ring (bicyclic) bond motifs is 1. The molecule has 0 aliphatic carbocycles. The summed E-state index contributed by atoms with van der Waals surface area (Å²) in [6.45, 7) is 7.45. The lowest BCUT2D eigenvalue weighted by Gasteiger charge is -2.14. The molecule has 0 aliphatic heterocycles. The lowest BCUT2D eigenvalue weighted by Crippen LogP contribution is -2.00. The SMILES string of the molecule is [C-]#[N+]c1cc(C#N)cc(-c2ccc(-c3cc4ccccc4cc3-c3ccc(-c4nc(-c5ccccc5)nc(-c5ccccc5)n4)cc3)cc2)c1. The summed E-state index contributed by atoms with van der Waals surface area (Å²) in [6, 6.07) is 57.0. The van der Waals surface area contributed by atoms with Gasteiger partial charge < -0.3 is 0 Å². The summed E-state index contributed by atoms with van der Waals surface area (Å²) >= 11 is 0. The van der Waals surface area contributed by atoms with E-state index in [0.717, 1.165) is 60.8 Å². The standard InChI is InChI=1S/C45H27N5/c1-47-40-25-30(29-46)24-39(26-40)31-16-18-32(19-17-31)41-27-37-14-8-9-15-38(37)28-42(41)33-20-22-36(23-21-33)45-49-43(34-10-4-2-5-11-34)48-44(50-45)35-12-6-3-7-13-35/h2-28H. The van der Waals surface area contributed by atoms with Crippen molar-refractivity contribution >= 4 is 16.5 Å². The van der Waals surface area contributed by atoms with Gasteiger partial charge in [0, 0.05) is 22.3 Å². The third-order valence-corrected chi connectivity index (χ3v) is 8.74. The maximum atomic E-state index is 9.49. The van der Waals surface area contributed by atoms with Crippen molar-refractivity contribution < 1.29 is 0 Å². The second kappa shape index (κ2) is 13.1. The molecule has 0 aliphatic rings. The highest BCUT2D eigenvalue weighted by atomic mass is 15.0. The predicted octanol–water partition coefficient (Wildman–Crippen LogP) is 11.4. The van der Waals surface area contributed by atoms with Crippen LogP contribution in [0.2, 0.25) is 0 Å². The summed E-state index contributed by atoms with van der Waals surface area (Å²) in [7, 11) is 0. The van der Waals surface area contributed by atoms with Crippen molar-refractivity contribution in [3.63, 3.8) is 0 Å². The van der Waals surface area contributed by atoms with Crippen LogP contribution in [-0.4, -0.2) is 15.0 Å². The summed E-state index contributed by atoms with van der Waals surface area (Å²) in [5.74, 6) is 1.87. The van der Waals surface area contributed by atoms with Crippen LogP contribution in [0, 0.1) is 17.9 Å². The number of hydrogen-bond acceptors (Lipinski definition) is 4. The van der Waals surface area contributed by atoms with Gasteiger partial charge in [0.25, 0.3) is 0 Å². The highest BCUT2D eigenvalue weighted by Crippen LogP contribution is 2.38. The number of aromatic nitrogens is 3. The van der Waals surface area contributed by atoms with Gasteiger partial charge in [-0.25, -0.2) is 19.8 Å². The van der Waals surface area contributed by atoms with E-state index >= 15 is 0 Å². The fourth-order valence-corrected chi connectivity index (χ4v) is 6.20. The molecule has 8 aromatic rings. The van der Waals surface area contributed by atoms with E-state index in [1.54, 1.807) is 6.07 Å². The quantitative estimate of drug-likeness (QED) is 0.170. The number of nitriles is 1. The smallest absolute Gasteiger partial charge is 0.189 e. The molecule has 232 valence electrons. The first-order valence-corrected chi connectivity index (χ1v) is 16.2. The van der Waals surface area contributed by atoms with Gasteiger partial charge in [0.05, 0.1) is 12.6 Å². The van der Waals surface area contributed by atoms with Crippen molar-refractivity contribution in [2.24, 2.45) is 0 Å². The van der Waals surface area contributed by atoms with E-state index in [4.69, 9.17) is 21.5 Å². The fourth-order valence-electron chi connectivity index (χ4n) is 6.20. The Morgan fingerprint density at radius 1 is 0.420 bits per heavy atom. The molecular weight excluding hydrogens is 611 g/mol. The molecule has 0 saturated carbocycles. The van der Waals surface area contributed by atoms with Gasteiger partial charge in [-0.3, -0.25) is 0 Å². The molecule has 0 atom stereocenters. The molecule has 0 unspecified atom stereocenters. The Labute approximate surface area is 290 Å². The van der Waals surface area contributed by atoms with Crippen LogP contribution in [0.15, 0.2) is 164 Å². The van der Waals surface area contributed by atoms with Crippen LogP contribution in [0.3, 0.4) is 0 Å². The Hall–Kier alpha value is -7.21. The van der Waals surface area contributed by atoms with E-state index in [1.165, 1.54) is 0 Å². The summed E-state index contributed by atoms with van der Waals surface area (Å²) in [4.78, 5) is 18.2. The molecule has 0 amide bonds. The maximum absolute atomic E-state index is 9.49. The van der Waals surface area contributed by atoms with Crippen molar-refractivity contribution in [1.29, 1.82) is 5.26 Å². The highest BCUT2D eigenvalue weighted by molar-refractivity contribution is 5.97. The molecule has 7 aromatic carbocycles. The molecule has 0 spiro atoms. The van der Waals surface area contributed by atoms with Crippen molar-refractivity contribution in [2.45, 2.75) is 0 Å². The number of nitrogens with zero attached hydrogens (tertiary/aromatic N) is 5. The van der Waals surface area contributed by atoms with Gasteiger partial charge in [-0.15, -0.1) is 0 Å². The van der Waals surface area contributed by atoms with Gasteiger partial charge in [0.2, 0.25) is 0 Å². The van der Waals surface area contributed by atoms with Crippen molar-refractivity contribution in [3.8, 4) is 73.6 Å². The molecule has 8 rings (SSSR count). The Morgan fingerprint density at radius 2 is 0.840 bits per heavy atom. The fraction of sp³-hybridized carbons (Fsp3) is 0. The second-order valence-electron chi connectivity index (χ2n) is 11.9. The van der Waals surface area contributed by atoms with Crippen LogP contribution in [0.5, 0.6) is 0 Å². The zero-order chi connectivity index (χ0) is 33.9. The Kier molecular flexibility index (Phi) is 7.91. The van der Waals surface area contributed by atoms with Crippen LogP contribution in [0.4, 0.5) is 5.69 Å². The molecule has 0 saturated heterocycles. The Bertz CT molecular complexity index is 2490. The topological polar surface area (TPSA) is 66.8 Å². The van der Waals surface area contributed by atoms with Crippen LogP contribution in [-0.2, 0) is 0 Å². The van der Waals surface area contributed by atoms with Gasteiger partial charge in [0.15, 0.2) is 23.2 Å². The minimum atomic E-state index is 0.452. The van der Waals surface area contributed by atoms with Crippen LogP contribution >= 0.6 is 0 Å². The molecule has 1 heterocycles. The highest BCUT2D eigenvalue weighted by Gasteiger charge is 2.15. The second-order valence-corrected chi connectivity index (χ2v) is 11.9. The predicted molar refractivity (Wildman–Crippen MR) is 201 cm³/mol. The van der Waals surface area contributed by atoms with E-state index in [2.05, 4.69) is 95.8 Å². The third-order valence-electron chi connectivity index (χ3n) is 8.74. The number of rotatable bonds is 6. The minimum Gasteiger partial charge on any atom is -0.238 e. The average molecular weight is 638 g/mol. The third kappa shape index (κ3) is 6.00. The van der Waals surface area contributed by atoms with Gasteiger partial charge in [-0.2, -0.15) is 5.26 Å². The normalized spacial score (nSPS) is 10.8. The van der Waals surface area contributed by atoms with Crippen molar-refractivity contribution in [2.75, 3.05) is 0 Å². The lowest BCUT2D eigenvalue weighted by molar-refractivity contribution is 1.07. The van der Waals surface area contributed by atoms with Gasteiger partial charge in [-0.1, -0.05) is 133 Å². The lowest BCUT2D eigenvalue weighted by atomic mass is 9.90.